The van der Waals surface area contributed by atoms with Gasteiger partial charge in [0, 0.05) is 25.3 Å². The summed E-state index contributed by atoms with van der Waals surface area (Å²) in [6.07, 6.45) is 6.61. The lowest BCUT2D eigenvalue weighted by molar-refractivity contribution is 0.0692. The van der Waals surface area contributed by atoms with Gasteiger partial charge in [0.25, 0.3) is 5.91 Å². The predicted octanol–water partition coefficient (Wildman–Crippen LogP) is 1.72. The van der Waals surface area contributed by atoms with Crippen LogP contribution in [-0.4, -0.2) is 56.2 Å². The van der Waals surface area contributed by atoms with Crippen molar-refractivity contribution in [3.63, 3.8) is 0 Å². The number of pyridine rings is 1. The Kier molecular flexibility index (Phi) is 8.10. The molecule has 24 heavy (non-hydrogen) atoms. The normalized spacial score (nSPS) is 16.1. The first-order valence-electron chi connectivity index (χ1n) is 7.62. The van der Waals surface area contributed by atoms with E-state index in [1.54, 1.807) is 29.3 Å². The van der Waals surface area contributed by atoms with Crippen LogP contribution in [0.15, 0.2) is 31.0 Å². The van der Waals surface area contributed by atoms with Gasteiger partial charge in [-0.25, -0.2) is 14.6 Å². The van der Waals surface area contributed by atoms with E-state index < -0.39 is 0 Å². The molecule has 3 heterocycles. The molecule has 9 heteroatoms. The summed E-state index contributed by atoms with van der Waals surface area (Å²) < 4.78 is 1.57. The molecule has 1 unspecified atom stereocenters. The van der Waals surface area contributed by atoms with Crippen molar-refractivity contribution in [2.45, 2.75) is 25.8 Å². The highest BCUT2D eigenvalue weighted by molar-refractivity contribution is 5.94. The lowest BCUT2D eigenvalue weighted by Crippen LogP contribution is -2.42. The molecule has 3 rings (SSSR count). The molecule has 1 fully saturated rings. The summed E-state index contributed by atoms with van der Waals surface area (Å²) in [5, 5.41) is 7.35. The minimum absolute atomic E-state index is 0. The quantitative estimate of drug-likeness (QED) is 0.864. The molecule has 7 nitrogen and oxygen atoms in total. The van der Waals surface area contributed by atoms with Gasteiger partial charge in [-0.3, -0.25) is 4.79 Å². The average molecular weight is 373 g/mol. The van der Waals surface area contributed by atoms with Crippen LogP contribution >= 0.6 is 24.8 Å². The molecular weight excluding hydrogens is 351 g/mol. The second kappa shape index (κ2) is 9.56. The lowest BCUT2D eigenvalue weighted by atomic mass is 10.1. The fraction of sp³-hybridized carbons (Fsp3) is 0.467. The molecule has 1 atom stereocenters. The van der Waals surface area contributed by atoms with E-state index in [-0.39, 0.29) is 36.8 Å². The highest BCUT2D eigenvalue weighted by Crippen LogP contribution is 2.14. The van der Waals surface area contributed by atoms with Crippen molar-refractivity contribution in [3.05, 3.63) is 36.5 Å². The number of hydrogen-bond acceptors (Lipinski definition) is 5. The molecule has 1 amide bonds. The molecule has 0 aromatic carbocycles. The Morgan fingerprint density at radius 3 is 2.79 bits per heavy atom. The Hall–Kier alpha value is -1.70. The van der Waals surface area contributed by atoms with Crippen LogP contribution in [0.2, 0.25) is 0 Å². The summed E-state index contributed by atoms with van der Waals surface area (Å²) in [4.78, 5) is 22.9. The first kappa shape index (κ1) is 20.3. The maximum Gasteiger partial charge on any atom is 0.255 e. The van der Waals surface area contributed by atoms with E-state index >= 15 is 0 Å². The van der Waals surface area contributed by atoms with Crippen LogP contribution in [-0.2, 0) is 0 Å². The zero-order valence-corrected chi connectivity index (χ0v) is 15.1. The number of amides is 1. The van der Waals surface area contributed by atoms with E-state index in [1.807, 2.05) is 4.90 Å². The molecule has 0 bridgehead atoms. The van der Waals surface area contributed by atoms with Crippen molar-refractivity contribution in [2.75, 3.05) is 19.6 Å². The smallest absolute Gasteiger partial charge is 0.255 e. The third-order valence-electron chi connectivity index (χ3n) is 3.85. The molecular formula is C15H22Cl2N6O. The van der Waals surface area contributed by atoms with Gasteiger partial charge in [0.2, 0.25) is 0 Å². The fourth-order valence-electron chi connectivity index (χ4n) is 2.74. The first-order valence-corrected chi connectivity index (χ1v) is 7.62. The van der Waals surface area contributed by atoms with Gasteiger partial charge < -0.3 is 10.2 Å². The van der Waals surface area contributed by atoms with E-state index in [1.165, 1.54) is 6.33 Å². The van der Waals surface area contributed by atoms with Crippen molar-refractivity contribution in [2.24, 2.45) is 0 Å². The number of carbonyl (C=O) groups is 1. The summed E-state index contributed by atoms with van der Waals surface area (Å²) in [6, 6.07) is 3.87. The van der Waals surface area contributed by atoms with E-state index in [9.17, 15) is 4.79 Å². The zero-order valence-electron chi connectivity index (χ0n) is 13.5. The molecule has 132 valence electrons. The molecule has 1 saturated heterocycles. The summed E-state index contributed by atoms with van der Waals surface area (Å²) in [5.41, 5.74) is 0.615. The fourth-order valence-corrected chi connectivity index (χ4v) is 2.74. The van der Waals surface area contributed by atoms with Crippen molar-refractivity contribution in [3.8, 4) is 5.82 Å². The predicted molar refractivity (Wildman–Crippen MR) is 96.3 cm³/mol. The van der Waals surface area contributed by atoms with Crippen molar-refractivity contribution >= 4 is 30.7 Å². The monoisotopic (exact) mass is 372 g/mol. The first-order chi connectivity index (χ1) is 10.8. The summed E-state index contributed by atoms with van der Waals surface area (Å²) in [6.45, 7) is 4.71. The Labute approximate surface area is 153 Å². The van der Waals surface area contributed by atoms with Crippen LogP contribution in [0.5, 0.6) is 0 Å². The van der Waals surface area contributed by atoms with Crippen molar-refractivity contribution < 1.29 is 4.79 Å². The van der Waals surface area contributed by atoms with Gasteiger partial charge in [0.15, 0.2) is 5.82 Å². The Bertz CT molecular complexity index is 613. The molecule has 0 spiro atoms. The maximum absolute atomic E-state index is 12.7. The van der Waals surface area contributed by atoms with Gasteiger partial charge in [0.05, 0.1) is 5.56 Å². The Morgan fingerprint density at radius 1 is 1.42 bits per heavy atom. The maximum atomic E-state index is 12.7. The van der Waals surface area contributed by atoms with Crippen LogP contribution < -0.4 is 5.32 Å². The average Bonchev–Trinajstić information content (AvgIpc) is 3.25. The summed E-state index contributed by atoms with van der Waals surface area (Å²) in [7, 11) is 0. The third-order valence-corrected chi connectivity index (χ3v) is 3.85. The molecule has 0 radical (unpaired) electrons. The number of halogens is 2. The Morgan fingerprint density at radius 2 is 2.25 bits per heavy atom. The lowest BCUT2D eigenvalue weighted by Gasteiger charge is -2.28. The molecule has 1 N–H and O–H groups in total. The van der Waals surface area contributed by atoms with Gasteiger partial charge in [-0.2, -0.15) is 5.10 Å². The van der Waals surface area contributed by atoms with Crippen molar-refractivity contribution in [1.29, 1.82) is 0 Å². The van der Waals surface area contributed by atoms with Gasteiger partial charge in [0.1, 0.15) is 12.7 Å². The number of hydrogen-bond donors (Lipinski definition) is 1. The highest BCUT2D eigenvalue weighted by Gasteiger charge is 2.26. The number of nitrogens with one attached hydrogen (secondary N) is 1. The van der Waals surface area contributed by atoms with E-state index in [2.05, 4.69) is 27.3 Å². The van der Waals surface area contributed by atoms with Gasteiger partial charge in [-0.05, 0) is 31.5 Å². The number of nitrogens with zero attached hydrogens (tertiary/aromatic N) is 5. The SMILES string of the molecule is CCCN(C(=O)c1ccc(-n2cncn2)nc1)C1CCNC1.Cl.Cl. The topological polar surface area (TPSA) is 75.9 Å². The van der Waals surface area contributed by atoms with E-state index in [4.69, 9.17) is 0 Å². The third kappa shape index (κ3) is 4.43. The van der Waals surface area contributed by atoms with Crippen LogP contribution in [0.4, 0.5) is 0 Å². The van der Waals surface area contributed by atoms with E-state index in [0.29, 0.717) is 11.4 Å². The van der Waals surface area contributed by atoms with Crippen LogP contribution in [0, 0.1) is 0 Å². The minimum Gasteiger partial charge on any atom is -0.334 e. The van der Waals surface area contributed by atoms with Crippen LogP contribution in [0.1, 0.15) is 30.1 Å². The zero-order chi connectivity index (χ0) is 15.4. The molecule has 1 aliphatic rings. The van der Waals surface area contributed by atoms with Crippen molar-refractivity contribution in [1.82, 2.24) is 30.0 Å². The molecule has 1 aliphatic heterocycles. The van der Waals surface area contributed by atoms with Gasteiger partial charge in [-0.15, -0.1) is 24.8 Å². The van der Waals surface area contributed by atoms with Crippen LogP contribution in [0.25, 0.3) is 5.82 Å². The molecule has 0 saturated carbocycles. The molecule has 2 aromatic rings. The standard InChI is InChI=1S/C15H20N6O.2ClH/c1-2-7-20(13-5-6-16-9-13)15(22)12-3-4-14(18-8-12)21-11-17-10-19-21;;/h3-4,8,10-11,13,16H,2,5-7,9H2,1H3;2*1H. The summed E-state index contributed by atoms with van der Waals surface area (Å²) in [5.74, 6) is 0.701. The Balaban J connectivity index is 0.00000144. The largest absolute Gasteiger partial charge is 0.334 e. The second-order valence-electron chi connectivity index (χ2n) is 5.39. The number of carbonyl (C=O) groups excluding carboxylic acids is 1. The summed E-state index contributed by atoms with van der Waals surface area (Å²) >= 11 is 0. The second-order valence-corrected chi connectivity index (χ2v) is 5.39. The molecule has 0 aliphatic carbocycles. The van der Waals surface area contributed by atoms with Crippen LogP contribution in [0.3, 0.4) is 0 Å². The van der Waals surface area contributed by atoms with Gasteiger partial charge in [-0.1, -0.05) is 6.92 Å². The van der Waals surface area contributed by atoms with Gasteiger partial charge >= 0.3 is 0 Å². The number of aromatic nitrogens is 4. The minimum atomic E-state index is 0. The molecule has 2 aromatic heterocycles. The highest BCUT2D eigenvalue weighted by atomic mass is 35.5. The van der Waals surface area contributed by atoms with E-state index in [0.717, 1.165) is 32.5 Å². The number of rotatable bonds is 5.